The molecule has 1 aliphatic heterocycles. The van der Waals surface area contributed by atoms with E-state index < -0.39 is 47.5 Å². The van der Waals surface area contributed by atoms with Crippen LogP contribution in [0.2, 0.25) is 0 Å². The molecule has 4 rings (SSSR count). The maximum atomic E-state index is 14.4. The molecule has 1 aromatic carbocycles. The SMILES string of the molecule is CCC(NC(=O)N1C(=O)[C@H](Cc2cc(C)nc(N)c2)[C@H]1C(=O)N(C)c1cnn(C)c1)c1cc(F)ccc1F. The third-order valence-corrected chi connectivity index (χ3v) is 6.62. The second kappa shape index (κ2) is 10.6. The summed E-state index contributed by atoms with van der Waals surface area (Å²) in [6, 6.07) is 3.41. The summed E-state index contributed by atoms with van der Waals surface area (Å²) in [6.45, 7) is 3.45. The molecule has 0 aliphatic carbocycles. The molecule has 12 heteroatoms. The molecule has 1 saturated heterocycles. The largest absolute Gasteiger partial charge is 0.384 e. The molecule has 1 fully saturated rings. The summed E-state index contributed by atoms with van der Waals surface area (Å²) in [5.41, 5.74) is 7.64. The first-order valence-electron chi connectivity index (χ1n) is 12.1. The Kier molecular flexibility index (Phi) is 7.42. The Morgan fingerprint density at radius 3 is 2.61 bits per heavy atom. The van der Waals surface area contributed by atoms with Gasteiger partial charge in [-0.05, 0) is 55.7 Å². The van der Waals surface area contributed by atoms with Gasteiger partial charge in [0.25, 0.3) is 5.91 Å². The number of hydrogen-bond donors (Lipinski definition) is 2. The van der Waals surface area contributed by atoms with Crippen molar-refractivity contribution >= 4 is 29.4 Å². The number of rotatable bonds is 7. The number of likely N-dealkylation sites (tertiary alicyclic amines) is 1. The Morgan fingerprint density at radius 2 is 1.97 bits per heavy atom. The number of nitrogens with two attached hydrogens (primary N) is 1. The molecule has 0 bridgehead atoms. The van der Waals surface area contributed by atoms with Crippen LogP contribution in [-0.2, 0) is 23.1 Å². The van der Waals surface area contributed by atoms with Crippen LogP contribution in [0.25, 0.3) is 0 Å². The Bertz CT molecular complexity index is 1370. The summed E-state index contributed by atoms with van der Waals surface area (Å²) in [4.78, 5) is 46.5. The molecule has 3 N–H and O–H groups in total. The minimum absolute atomic E-state index is 0.0523. The molecule has 4 amide bonds. The minimum Gasteiger partial charge on any atom is -0.384 e. The first-order chi connectivity index (χ1) is 18.0. The highest BCUT2D eigenvalue weighted by Gasteiger charge is 2.55. The van der Waals surface area contributed by atoms with Crippen LogP contribution in [-0.4, -0.2) is 50.6 Å². The number of aryl methyl sites for hydroxylation is 2. The summed E-state index contributed by atoms with van der Waals surface area (Å²) >= 11 is 0. The molecule has 1 unspecified atom stereocenters. The summed E-state index contributed by atoms with van der Waals surface area (Å²) in [6.07, 6.45) is 3.50. The number of nitrogen functional groups attached to an aromatic ring is 1. The molecule has 3 atom stereocenters. The molecule has 0 spiro atoms. The monoisotopic (exact) mass is 525 g/mol. The van der Waals surface area contributed by atoms with Gasteiger partial charge in [-0.1, -0.05) is 6.92 Å². The van der Waals surface area contributed by atoms with Gasteiger partial charge in [0, 0.05) is 31.5 Å². The average Bonchev–Trinajstić information content (AvgIpc) is 3.30. The fraction of sp³-hybridized carbons (Fsp3) is 0.346. The van der Waals surface area contributed by atoms with Crippen molar-refractivity contribution in [1.82, 2.24) is 25.0 Å². The number of anilines is 2. The van der Waals surface area contributed by atoms with Crippen molar-refractivity contribution in [3.05, 3.63) is 71.2 Å². The van der Waals surface area contributed by atoms with E-state index in [0.29, 0.717) is 16.9 Å². The van der Waals surface area contributed by atoms with Gasteiger partial charge in [0.05, 0.1) is 23.8 Å². The van der Waals surface area contributed by atoms with Crippen LogP contribution < -0.4 is 16.0 Å². The summed E-state index contributed by atoms with van der Waals surface area (Å²) in [5, 5.41) is 6.67. The highest BCUT2D eigenvalue weighted by Crippen LogP contribution is 2.34. The molecule has 10 nitrogen and oxygen atoms in total. The van der Waals surface area contributed by atoms with Crippen LogP contribution in [0.15, 0.2) is 42.7 Å². The summed E-state index contributed by atoms with van der Waals surface area (Å²) < 4.78 is 29.7. The predicted octanol–water partition coefficient (Wildman–Crippen LogP) is 2.88. The zero-order chi connectivity index (χ0) is 27.7. The second-order valence-electron chi connectivity index (χ2n) is 9.35. The number of halogens is 2. The van der Waals surface area contributed by atoms with Crippen molar-refractivity contribution in [2.45, 2.75) is 38.8 Å². The van der Waals surface area contributed by atoms with E-state index in [1.807, 2.05) is 0 Å². The third-order valence-electron chi connectivity index (χ3n) is 6.62. The fourth-order valence-corrected chi connectivity index (χ4v) is 4.70. The Labute approximate surface area is 218 Å². The topological polar surface area (TPSA) is 126 Å². The second-order valence-corrected chi connectivity index (χ2v) is 9.35. The Hall–Kier alpha value is -4.35. The Morgan fingerprint density at radius 1 is 1.24 bits per heavy atom. The van der Waals surface area contributed by atoms with Gasteiger partial charge in [0.15, 0.2) is 0 Å². The molecule has 1 aliphatic rings. The number of imide groups is 1. The highest BCUT2D eigenvalue weighted by molar-refractivity contribution is 6.12. The number of carbonyl (C=O) groups excluding carboxylic acids is 3. The molecule has 3 heterocycles. The van der Waals surface area contributed by atoms with E-state index in [1.54, 1.807) is 39.2 Å². The maximum absolute atomic E-state index is 14.4. The van der Waals surface area contributed by atoms with Crippen LogP contribution in [0.5, 0.6) is 0 Å². The van der Waals surface area contributed by atoms with Gasteiger partial charge in [0.2, 0.25) is 5.91 Å². The number of β-lactam (4-membered cyclic amide) rings is 1. The molecular weight excluding hydrogens is 496 g/mol. The first-order valence-corrected chi connectivity index (χ1v) is 12.1. The van der Waals surface area contributed by atoms with Crippen LogP contribution in [0.1, 0.15) is 36.2 Å². The standard InChI is InChI=1S/C26H29F2N7O3/c1-5-21(18-11-16(27)6-7-20(18)28)32-26(38)35-23(25(37)34(4)17-12-30-33(3)13-17)19(24(35)36)9-15-8-14(2)31-22(29)10-15/h6-8,10-13,19,21,23H,5,9H2,1-4H3,(H2,29,31)(H,32,38)/t19-,21?,23+/m1/s1. The lowest BCUT2D eigenvalue weighted by molar-refractivity contribution is -0.156. The van der Waals surface area contributed by atoms with E-state index >= 15 is 0 Å². The van der Waals surface area contributed by atoms with Crippen LogP contribution in [0.4, 0.5) is 25.1 Å². The minimum atomic E-state index is -1.14. The number of amides is 4. The maximum Gasteiger partial charge on any atom is 0.325 e. The number of carbonyl (C=O) groups is 3. The zero-order valence-corrected chi connectivity index (χ0v) is 21.5. The van der Waals surface area contributed by atoms with E-state index in [4.69, 9.17) is 5.73 Å². The number of benzene rings is 1. The van der Waals surface area contributed by atoms with E-state index in [9.17, 15) is 23.2 Å². The van der Waals surface area contributed by atoms with E-state index in [1.165, 1.54) is 22.8 Å². The Balaban J connectivity index is 1.63. The van der Waals surface area contributed by atoms with E-state index in [-0.39, 0.29) is 24.2 Å². The number of hydrogen-bond acceptors (Lipinski definition) is 6. The predicted molar refractivity (Wildman–Crippen MR) is 136 cm³/mol. The smallest absolute Gasteiger partial charge is 0.325 e. The number of urea groups is 1. The van der Waals surface area contributed by atoms with Gasteiger partial charge in [-0.15, -0.1) is 0 Å². The van der Waals surface area contributed by atoms with Gasteiger partial charge in [-0.25, -0.2) is 18.6 Å². The molecule has 2 aromatic heterocycles. The zero-order valence-electron chi connectivity index (χ0n) is 21.5. The van der Waals surface area contributed by atoms with E-state index in [0.717, 1.165) is 23.1 Å². The molecule has 38 heavy (non-hydrogen) atoms. The third kappa shape index (κ3) is 5.20. The molecule has 200 valence electrons. The van der Waals surface area contributed by atoms with Gasteiger partial charge >= 0.3 is 6.03 Å². The lowest BCUT2D eigenvalue weighted by Gasteiger charge is -2.46. The number of likely N-dealkylation sites (N-methyl/N-ethyl adjacent to an activating group) is 1. The molecule has 0 radical (unpaired) electrons. The van der Waals surface area contributed by atoms with Crippen LogP contribution in [0.3, 0.4) is 0 Å². The lowest BCUT2D eigenvalue weighted by Crippen LogP contribution is -2.70. The van der Waals surface area contributed by atoms with Crippen molar-refractivity contribution in [1.29, 1.82) is 0 Å². The van der Waals surface area contributed by atoms with Crippen LogP contribution in [0, 0.1) is 24.5 Å². The van der Waals surface area contributed by atoms with Gasteiger partial charge in [-0.3, -0.25) is 19.2 Å². The van der Waals surface area contributed by atoms with Gasteiger partial charge < -0.3 is 16.0 Å². The summed E-state index contributed by atoms with van der Waals surface area (Å²) in [5.74, 6) is -2.99. The number of pyridine rings is 1. The van der Waals surface area contributed by atoms with Gasteiger partial charge in [-0.2, -0.15) is 5.10 Å². The summed E-state index contributed by atoms with van der Waals surface area (Å²) in [7, 11) is 3.23. The average molecular weight is 526 g/mol. The van der Waals surface area contributed by atoms with Crippen molar-refractivity contribution in [3.63, 3.8) is 0 Å². The van der Waals surface area contributed by atoms with E-state index in [2.05, 4.69) is 15.4 Å². The number of nitrogens with zero attached hydrogens (tertiary/aromatic N) is 5. The van der Waals surface area contributed by atoms with Crippen molar-refractivity contribution < 1.29 is 23.2 Å². The van der Waals surface area contributed by atoms with Crippen LogP contribution >= 0.6 is 0 Å². The highest BCUT2D eigenvalue weighted by atomic mass is 19.1. The van der Waals surface area contributed by atoms with Crippen molar-refractivity contribution in [3.8, 4) is 0 Å². The quantitative estimate of drug-likeness (QED) is 0.457. The van der Waals surface area contributed by atoms with Crippen molar-refractivity contribution in [2.75, 3.05) is 17.7 Å². The lowest BCUT2D eigenvalue weighted by atomic mass is 9.81. The molecule has 0 saturated carbocycles. The normalized spacial score (nSPS) is 17.6. The molecular formula is C26H29F2N7O3. The van der Waals surface area contributed by atoms with Crippen molar-refractivity contribution in [2.24, 2.45) is 13.0 Å². The van der Waals surface area contributed by atoms with Gasteiger partial charge in [0.1, 0.15) is 23.5 Å². The fourth-order valence-electron chi connectivity index (χ4n) is 4.70. The number of aromatic nitrogens is 3. The first kappa shape index (κ1) is 26.7. The number of nitrogens with one attached hydrogen (secondary N) is 1. The molecule has 3 aromatic rings.